The van der Waals surface area contributed by atoms with E-state index in [1.807, 2.05) is 16.5 Å². The van der Waals surface area contributed by atoms with E-state index >= 15 is 0 Å². The van der Waals surface area contributed by atoms with Gasteiger partial charge in [0, 0.05) is 24.9 Å². The van der Waals surface area contributed by atoms with Gasteiger partial charge < -0.3 is 9.42 Å². The van der Waals surface area contributed by atoms with Crippen molar-refractivity contribution in [1.82, 2.24) is 24.7 Å². The van der Waals surface area contributed by atoms with Crippen LogP contribution in [-0.2, 0) is 0 Å². The van der Waals surface area contributed by atoms with Crippen LogP contribution in [0.15, 0.2) is 29.0 Å². The Hall–Kier alpha value is -2.44. The van der Waals surface area contributed by atoms with Crippen molar-refractivity contribution in [3.05, 3.63) is 36.2 Å². The molecular weight excluding hydrogens is 292 g/mol. The second-order valence-corrected chi connectivity index (χ2v) is 6.37. The van der Waals surface area contributed by atoms with Crippen molar-refractivity contribution in [2.45, 2.75) is 38.5 Å². The van der Waals surface area contributed by atoms with Gasteiger partial charge in [-0.1, -0.05) is 25.1 Å². The number of hydrogen-bond acceptors (Lipinski definition) is 6. The van der Waals surface area contributed by atoms with Gasteiger partial charge >= 0.3 is 0 Å². The van der Waals surface area contributed by atoms with E-state index in [4.69, 9.17) is 4.52 Å². The highest BCUT2D eigenvalue weighted by Crippen LogP contribution is 2.29. The first-order chi connectivity index (χ1) is 11.2. The molecule has 1 saturated heterocycles. The van der Waals surface area contributed by atoms with Crippen molar-refractivity contribution in [3.8, 4) is 0 Å². The van der Waals surface area contributed by atoms with Crippen LogP contribution in [0, 0.1) is 0 Å². The molecule has 7 nitrogen and oxygen atoms in total. The standard InChI is InChI=1S/C16H20N6O/c1-11(2)16-18-15(20-23-16)12-5-4-8-21(9-12)14-7-3-6-13-19-17-10-22(13)14/h3,6-7,10-12H,4-5,8-9H2,1-2H3. The molecule has 4 rings (SSSR count). The van der Waals surface area contributed by atoms with Crippen LogP contribution in [0.4, 0.5) is 5.82 Å². The average molecular weight is 312 g/mol. The van der Waals surface area contributed by atoms with Crippen LogP contribution in [0.25, 0.3) is 5.65 Å². The average Bonchev–Trinajstić information content (AvgIpc) is 3.24. The van der Waals surface area contributed by atoms with Gasteiger partial charge in [-0.2, -0.15) is 4.98 Å². The topological polar surface area (TPSA) is 72.4 Å². The first-order valence-corrected chi connectivity index (χ1v) is 8.09. The van der Waals surface area contributed by atoms with Crippen LogP contribution in [-0.4, -0.2) is 37.8 Å². The fourth-order valence-corrected chi connectivity index (χ4v) is 3.14. The van der Waals surface area contributed by atoms with Crippen LogP contribution >= 0.6 is 0 Å². The molecule has 0 saturated carbocycles. The van der Waals surface area contributed by atoms with Crippen LogP contribution in [0.3, 0.4) is 0 Å². The maximum absolute atomic E-state index is 5.37. The molecule has 0 spiro atoms. The molecule has 23 heavy (non-hydrogen) atoms. The zero-order valence-corrected chi connectivity index (χ0v) is 13.4. The lowest BCUT2D eigenvalue weighted by Crippen LogP contribution is -2.35. The zero-order valence-electron chi connectivity index (χ0n) is 13.4. The third-order valence-corrected chi connectivity index (χ3v) is 4.37. The molecule has 7 heteroatoms. The summed E-state index contributed by atoms with van der Waals surface area (Å²) in [5.74, 6) is 3.23. The van der Waals surface area contributed by atoms with Crippen molar-refractivity contribution < 1.29 is 4.52 Å². The molecule has 0 amide bonds. The van der Waals surface area contributed by atoms with Gasteiger partial charge in [0.25, 0.3) is 0 Å². The molecule has 1 aliphatic heterocycles. The molecule has 0 aromatic carbocycles. The first kappa shape index (κ1) is 14.2. The molecule has 1 aliphatic rings. The van der Waals surface area contributed by atoms with Crippen molar-refractivity contribution in [1.29, 1.82) is 0 Å². The molecule has 3 aromatic rings. The zero-order chi connectivity index (χ0) is 15.8. The summed E-state index contributed by atoms with van der Waals surface area (Å²) in [6.45, 7) is 6.03. The normalized spacial score (nSPS) is 18.9. The Morgan fingerprint density at radius 1 is 1.30 bits per heavy atom. The van der Waals surface area contributed by atoms with Crippen molar-refractivity contribution >= 4 is 11.5 Å². The maximum atomic E-state index is 5.37. The molecule has 3 aromatic heterocycles. The quantitative estimate of drug-likeness (QED) is 0.740. The molecule has 0 bridgehead atoms. The fraction of sp³-hybridized carbons (Fsp3) is 0.500. The molecule has 1 fully saturated rings. The third-order valence-electron chi connectivity index (χ3n) is 4.37. The maximum Gasteiger partial charge on any atom is 0.229 e. The van der Waals surface area contributed by atoms with Gasteiger partial charge in [0.05, 0.1) is 0 Å². The van der Waals surface area contributed by atoms with E-state index in [0.29, 0.717) is 5.92 Å². The lowest BCUT2D eigenvalue weighted by Gasteiger charge is -2.33. The number of aromatic nitrogens is 5. The summed E-state index contributed by atoms with van der Waals surface area (Å²) >= 11 is 0. The van der Waals surface area contributed by atoms with E-state index in [0.717, 1.165) is 49.1 Å². The van der Waals surface area contributed by atoms with Gasteiger partial charge in [-0.15, -0.1) is 10.2 Å². The smallest absolute Gasteiger partial charge is 0.229 e. The Morgan fingerprint density at radius 2 is 2.22 bits per heavy atom. The highest BCUT2D eigenvalue weighted by atomic mass is 16.5. The largest absolute Gasteiger partial charge is 0.357 e. The predicted molar refractivity (Wildman–Crippen MR) is 85.6 cm³/mol. The van der Waals surface area contributed by atoms with E-state index in [-0.39, 0.29) is 5.92 Å². The van der Waals surface area contributed by atoms with Gasteiger partial charge in [0.15, 0.2) is 11.5 Å². The summed E-state index contributed by atoms with van der Waals surface area (Å²) in [6, 6.07) is 6.09. The van der Waals surface area contributed by atoms with E-state index in [1.54, 1.807) is 6.33 Å². The van der Waals surface area contributed by atoms with Crippen LogP contribution in [0.2, 0.25) is 0 Å². The van der Waals surface area contributed by atoms with Crippen molar-refractivity contribution in [2.75, 3.05) is 18.0 Å². The summed E-state index contributed by atoms with van der Waals surface area (Å²) in [7, 11) is 0. The SMILES string of the molecule is CC(C)c1nc(C2CCCN(c3cccc4nncn34)C2)no1. The highest BCUT2D eigenvalue weighted by molar-refractivity contribution is 5.51. The lowest BCUT2D eigenvalue weighted by atomic mass is 9.97. The second-order valence-electron chi connectivity index (χ2n) is 6.37. The van der Waals surface area contributed by atoms with Crippen LogP contribution in [0.5, 0.6) is 0 Å². The van der Waals surface area contributed by atoms with E-state index < -0.39 is 0 Å². The molecular formula is C16H20N6O. The Bertz CT molecular complexity index is 808. The van der Waals surface area contributed by atoms with E-state index in [1.165, 1.54) is 0 Å². The number of piperidine rings is 1. The Morgan fingerprint density at radius 3 is 3.04 bits per heavy atom. The minimum atomic E-state index is 0.265. The number of fused-ring (bicyclic) bond motifs is 1. The number of anilines is 1. The van der Waals surface area contributed by atoms with Crippen LogP contribution < -0.4 is 4.90 Å². The van der Waals surface area contributed by atoms with E-state index in [2.05, 4.69) is 45.2 Å². The van der Waals surface area contributed by atoms with Gasteiger partial charge in [0.2, 0.25) is 5.89 Å². The predicted octanol–water partition coefficient (Wildman–Crippen LogP) is 2.62. The molecule has 4 heterocycles. The first-order valence-electron chi connectivity index (χ1n) is 8.09. The molecule has 0 aliphatic carbocycles. The number of pyridine rings is 1. The number of rotatable bonds is 3. The lowest BCUT2D eigenvalue weighted by molar-refractivity contribution is 0.354. The monoisotopic (exact) mass is 312 g/mol. The fourth-order valence-electron chi connectivity index (χ4n) is 3.14. The highest BCUT2D eigenvalue weighted by Gasteiger charge is 2.27. The number of nitrogens with zero attached hydrogens (tertiary/aromatic N) is 6. The molecule has 120 valence electrons. The molecule has 1 atom stereocenters. The summed E-state index contributed by atoms with van der Waals surface area (Å²) in [5, 5.41) is 12.3. The summed E-state index contributed by atoms with van der Waals surface area (Å²) < 4.78 is 7.40. The van der Waals surface area contributed by atoms with Gasteiger partial charge in [0.1, 0.15) is 12.1 Å². The van der Waals surface area contributed by atoms with Gasteiger partial charge in [-0.3, -0.25) is 4.40 Å². The van der Waals surface area contributed by atoms with Crippen LogP contribution in [0.1, 0.15) is 50.2 Å². The molecule has 0 radical (unpaired) electrons. The third kappa shape index (κ3) is 2.56. The minimum Gasteiger partial charge on any atom is -0.357 e. The Balaban J connectivity index is 1.60. The molecule has 0 N–H and O–H groups in total. The minimum absolute atomic E-state index is 0.265. The Labute approximate surface area is 134 Å². The Kier molecular flexibility index (Phi) is 3.48. The molecule has 1 unspecified atom stereocenters. The van der Waals surface area contributed by atoms with Gasteiger partial charge in [-0.05, 0) is 25.0 Å². The summed E-state index contributed by atoms with van der Waals surface area (Å²) in [6.07, 6.45) is 3.96. The second kappa shape index (κ2) is 5.64. The summed E-state index contributed by atoms with van der Waals surface area (Å²) in [5.41, 5.74) is 0.867. The van der Waals surface area contributed by atoms with Crippen molar-refractivity contribution in [3.63, 3.8) is 0 Å². The van der Waals surface area contributed by atoms with Crippen molar-refractivity contribution in [2.24, 2.45) is 0 Å². The van der Waals surface area contributed by atoms with E-state index in [9.17, 15) is 0 Å². The summed E-state index contributed by atoms with van der Waals surface area (Å²) in [4.78, 5) is 6.94. The number of hydrogen-bond donors (Lipinski definition) is 0. The van der Waals surface area contributed by atoms with Gasteiger partial charge in [-0.25, -0.2) is 0 Å².